The molecule has 1 aliphatic rings. The van der Waals surface area contributed by atoms with Crippen LogP contribution in [-0.4, -0.2) is 46.3 Å². The van der Waals surface area contributed by atoms with Crippen LogP contribution in [0.4, 0.5) is 0 Å². The molecule has 6 nitrogen and oxygen atoms in total. The van der Waals surface area contributed by atoms with Crippen molar-refractivity contribution >= 4 is 29.5 Å². The molecule has 0 spiro atoms. The average Bonchev–Trinajstić information content (AvgIpc) is 2.75. The zero-order valence-corrected chi connectivity index (χ0v) is 12.7. The van der Waals surface area contributed by atoms with Gasteiger partial charge in [0.25, 0.3) is 0 Å². The number of nitrogens with zero attached hydrogens (tertiary/aromatic N) is 1. The molecule has 4 N–H and O–H groups in total. The van der Waals surface area contributed by atoms with Gasteiger partial charge in [-0.15, -0.1) is 11.8 Å². The molecular formula is C12H22N3O3S+. The average molecular weight is 288 g/mol. The summed E-state index contributed by atoms with van der Waals surface area (Å²) in [6.45, 7) is 6.99. The Hall–Kier alpha value is -1.08. The summed E-state index contributed by atoms with van der Waals surface area (Å²) >= 11 is 1.52. The second kappa shape index (κ2) is 5.92. The van der Waals surface area contributed by atoms with Crippen molar-refractivity contribution in [2.75, 3.05) is 11.6 Å². The summed E-state index contributed by atoms with van der Waals surface area (Å²) < 4.78 is 0. The molecule has 7 heteroatoms. The van der Waals surface area contributed by atoms with E-state index in [1.807, 2.05) is 0 Å². The van der Waals surface area contributed by atoms with E-state index in [-0.39, 0.29) is 17.7 Å². The fourth-order valence-corrected chi connectivity index (χ4v) is 2.85. The second-order valence-electron chi connectivity index (χ2n) is 5.74. The Bertz CT molecular complexity index is 392. The molecule has 3 amide bonds. The summed E-state index contributed by atoms with van der Waals surface area (Å²) in [5.74, 6) is 0.379. The van der Waals surface area contributed by atoms with Crippen LogP contribution < -0.4 is 11.1 Å². The maximum atomic E-state index is 12.2. The summed E-state index contributed by atoms with van der Waals surface area (Å²) in [5, 5.41) is 2.68. The largest absolute Gasteiger partial charge is 0.344 e. The minimum absolute atomic E-state index is 0.183. The van der Waals surface area contributed by atoms with E-state index in [4.69, 9.17) is 0 Å². The van der Waals surface area contributed by atoms with Crippen LogP contribution in [-0.2, 0) is 14.4 Å². The van der Waals surface area contributed by atoms with Crippen LogP contribution in [0.5, 0.6) is 0 Å². The normalized spacial score (nSPS) is 21.1. The lowest BCUT2D eigenvalue weighted by Gasteiger charge is -2.26. The smallest absolute Gasteiger partial charge is 0.332 e. The van der Waals surface area contributed by atoms with Crippen molar-refractivity contribution in [1.82, 2.24) is 10.2 Å². The van der Waals surface area contributed by atoms with Crippen LogP contribution in [0, 0.1) is 5.41 Å². The zero-order chi connectivity index (χ0) is 14.8. The van der Waals surface area contributed by atoms with Crippen molar-refractivity contribution in [2.24, 2.45) is 5.41 Å². The van der Waals surface area contributed by atoms with E-state index in [0.29, 0.717) is 11.6 Å². The number of carbonyl (C=O) groups excluding carboxylic acids is 3. The predicted molar refractivity (Wildman–Crippen MR) is 72.9 cm³/mol. The first-order valence-corrected chi connectivity index (χ1v) is 7.35. The molecule has 2 atom stereocenters. The molecule has 0 radical (unpaired) electrons. The van der Waals surface area contributed by atoms with Gasteiger partial charge in [-0.05, 0) is 6.92 Å². The summed E-state index contributed by atoms with van der Waals surface area (Å²) in [7, 11) is 0. The summed E-state index contributed by atoms with van der Waals surface area (Å²) in [6.07, 6.45) is 0. The molecule has 0 aromatic heterocycles. The Kier molecular flexibility index (Phi) is 4.98. The lowest BCUT2D eigenvalue weighted by molar-refractivity contribution is -0.310. The summed E-state index contributed by atoms with van der Waals surface area (Å²) in [4.78, 5) is 36.9. The second-order valence-corrected chi connectivity index (χ2v) is 6.73. The number of hydrogen-bond donors (Lipinski definition) is 2. The van der Waals surface area contributed by atoms with Crippen LogP contribution in [0.2, 0.25) is 0 Å². The molecule has 2 unspecified atom stereocenters. The molecule has 19 heavy (non-hydrogen) atoms. The number of rotatable bonds is 3. The Morgan fingerprint density at radius 1 is 1.37 bits per heavy atom. The van der Waals surface area contributed by atoms with E-state index in [1.54, 1.807) is 27.7 Å². The van der Waals surface area contributed by atoms with E-state index >= 15 is 0 Å². The predicted octanol–water partition coefficient (Wildman–Crippen LogP) is -0.793. The first-order valence-electron chi connectivity index (χ1n) is 6.19. The van der Waals surface area contributed by atoms with Crippen molar-refractivity contribution in [3.63, 3.8) is 0 Å². The van der Waals surface area contributed by atoms with Crippen molar-refractivity contribution in [2.45, 2.75) is 39.8 Å². The van der Waals surface area contributed by atoms with Crippen molar-refractivity contribution in [3.8, 4) is 0 Å². The zero-order valence-electron chi connectivity index (χ0n) is 11.9. The van der Waals surface area contributed by atoms with Gasteiger partial charge in [0, 0.05) is 11.2 Å². The van der Waals surface area contributed by atoms with Gasteiger partial charge in [0.1, 0.15) is 6.04 Å². The molecule has 1 rings (SSSR count). The van der Waals surface area contributed by atoms with Gasteiger partial charge in [-0.1, -0.05) is 20.8 Å². The molecule has 1 fully saturated rings. The topological polar surface area (TPSA) is 94.1 Å². The van der Waals surface area contributed by atoms with Crippen molar-refractivity contribution in [1.29, 1.82) is 0 Å². The third-order valence-electron chi connectivity index (χ3n) is 2.94. The lowest BCUT2D eigenvalue weighted by Crippen LogP contribution is -2.67. The van der Waals surface area contributed by atoms with Crippen LogP contribution >= 0.6 is 11.8 Å². The molecule has 1 heterocycles. The molecule has 1 saturated heterocycles. The minimum atomic E-state index is -0.632. The molecule has 0 bridgehead atoms. The molecule has 0 saturated carbocycles. The highest BCUT2D eigenvalue weighted by atomic mass is 32.2. The Morgan fingerprint density at radius 2 is 1.95 bits per heavy atom. The molecule has 0 aromatic rings. The van der Waals surface area contributed by atoms with E-state index in [2.05, 4.69) is 11.1 Å². The standard InChI is InChI=1S/C12H21N3O3S/c1-7(14-11(18)12(2,3)4)10(17)15-6-19-5-8(15)9(13)16/h7-8H,5-6H2,1-4H3,(H2,13,16)(H,14,18)/p+1. The number of hydrogen-bond acceptors (Lipinski definition) is 4. The quantitative estimate of drug-likeness (QED) is 0.711. The number of nitrogens with one attached hydrogen (secondary N) is 1. The molecule has 0 aliphatic carbocycles. The fraction of sp³-hybridized carbons (Fsp3) is 0.750. The van der Waals surface area contributed by atoms with Crippen LogP contribution in [0.1, 0.15) is 27.7 Å². The summed E-state index contributed by atoms with van der Waals surface area (Å²) in [5.41, 5.74) is 2.83. The van der Waals surface area contributed by atoms with Crippen LogP contribution in [0.15, 0.2) is 0 Å². The minimum Gasteiger partial charge on any atom is -0.344 e. The highest BCUT2D eigenvalue weighted by Crippen LogP contribution is 2.21. The SMILES string of the molecule is CC(NC(=O)C(C)(C)C)C(=O)N1CSCC1C([NH3+])=O. The lowest BCUT2D eigenvalue weighted by atomic mass is 9.95. The van der Waals surface area contributed by atoms with Gasteiger partial charge in [-0.25, -0.2) is 4.79 Å². The van der Waals surface area contributed by atoms with E-state index < -0.39 is 17.5 Å². The highest BCUT2D eigenvalue weighted by Gasteiger charge is 2.38. The van der Waals surface area contributed by atoms with E-state index in [9.17, 15) is 14.4 Å². The first kappa shape index (κ1) is 16.0. The molecule has 0 aromatic carbocycles. The molecule has 1 aliphatic heterocycles. The Labute approximate surface area is 117 Å². The number of thioether (sulfide) groups is 1. The fourth-order valence-electron chi connectivity index (χ4n) is 1.65. The number of amides is 3. The van der Waals surface area contributed by atoms with E-state index in [1.165, 1.54) is 16.7 Å². The molecule has 108 valence electrons. The van der Waals surface area contributed by atoms with Crippen molar-refractivity contribution < 1.29 is 20.1 Å². The summed E-state index contributed by atoms with van der Waals surface area (Å²) in [6, 6.07) is -1.10. The van der Waals surface area contributed by atoms with Gasteiger partial charge in [-0.3, -0.25) is 15.3 Å². The number of carbonyl (C=O) groups is 3. The van der Waals surface area contributed by atoms with Gasteiger partial charge < -0.3 is 10.2 Å². The van der Waals surface area contributed by atoms with E-state index in [0.717, 1.165) is 0 Å². The Balaban J connectivity index is 2.67. The monoisotopic (exact) mass is 288 g/mol. The van der Waals surface area contributed by atoms with Crippen LogP contribution in [0.3, 0.4) is 0 Å². The number of quaternary nitrogens is 1. The highest BCUT2D eigenvalue weighted by molar-refractivity contribution is 7.99. The molecular weight excluding hydrogens is 266 g/mol. The van der Waals surface area contributed by atoms with Gasteiger partial charge in [-0.2, -0.15) is 0 Å². The van der Waals surface area contributed by atoms with Gasteiger partial charge >= 0.3 is 5.91 Å². The third-order valence-corrected chi connectivity index (χ3v) is 3.95. The Morgan fingerprint density at radius 3 is 2.42 bits per heavy atom. The van der Waals surface area contributed by atoms with Gasteiger partial charge in [0.05, 0.1) is 5.88 Å². The van der Waals surface area contributed by atoms with Gasteiger partial charge in [0.15, 0.2) is 6.04 Å². The maximum Gasteiger partial charge on any atom is 0.332 e. The third kappa shape index (κ3) is 3.94. The van der Waals surface area contributed by atoms with Crippen molar-refractivity contribution in [3.05, 3.63) is 0 Å². The van der Waals surface area contributed by atoms with Gasteiger partial charge in [0.2, 0.25) is 11.8 Å². The first-order chi connectivity index (χ1) is 8.64. The maximum absolute atomic E-state index is 12.2. The van der Waals surface area contributed by atoms with Crippen LogP contribution in [0.25, 0.3) is 0 Å².